The first-order valence-electron chi connectivity index (χ1n) is 10.0. The molecule has 0 saturated carbocycles. The first kappa shape index (κ1) is 17.0. The monoisotopic (exact) mass is 370 g/mol. The second kappa shape index (κ2) is 6.51. The number of benzene rings is 1. The van der Waals surface area contributed by atoms with E-state index in [1.54, 1.807) is 6.92 Å². The summed E-state index contributed by atoms with van der Waals surface area (Å²) in [6.07, 6.45) is 3.02. The van der Waals surface area contributed by atoms with E-state index < -0.39 is 0 Å². The van der Waals surface area contributed by atoms with Gasteiger partial charge in [0.05, 0.1) is 6.04 Å². The molecule has 5 aliphatic rings. The summed E-state index contributed by atoms with van der Waals surface area (Å²) in [7, 11) is 0. The molecule has 6 rings (SSSR count). The molecule has 1 aromatic rings. The maximum absolute atomic E-state index is 13.0. The molecular formula is C21H26N2O4. The van der Waals surface area contributed by atoms with Gasteiger partial charge < -0.3 is 19.2 Å². The van der Waals surface area contributed by atoms with Gasteiger partial charge in [0, 0.05) is 31.3 Å². The zero-order valence-corrected chi connectivity index (χ0v) is 15.7. The number of amides is 1. The van der Waals surface area contributed by atoms with Crippen LogP contribution < -0.4 is 9.47 Å². The van der Waals surface area contributed by atoms with Crippen molar-refractivity contribution in [1.82, 2.24) is 9.80 Å². The van der Waals surface area contributed by atoms with Crippen LogP contribution in [0.15, 0.2) is 18.2 Å². The number of Topliss-reactive ketones (excluding diaryl/α,β-unsaturated/α-hetero) is 1. The average molecular weight is 370 g/mol. The van der Waals surface area contributed by atoms with Crippen LogP contribution in [-0.2, 0) is 9.59 Å². The third-order valence-corrected chi connectivity index (χ3v) is 6.83. The van der Waals surface area contributed by atoms with Crippen LogP contribution in [0.1, 0.15) is 44.1 Å². The number of carbonyl (C=O) groups is 2. The van der Waals surface area contributed by atoms with E-state index in [9.17, 15) is 9.59 Å². The first-order chi connectivity index (χ1) is 13.1. The van der Waals surface area contributed by atoms with E-state index in [2.05, 4.69) is 21.9 Å². The topological polar surface area (TPSA) is 59.1 Å². The first-order valence-corrected chi connectivity index (χ1v) is 10.0. The lowest BCUT2D eigenvalue weighted by Gasteiger charge is -2.51. The smallest absolute Gasteiger partial charge is 0.231 e. The van der Waals surface area contributed by atoms with Crippen LogP contribution >= 0.6 is 0 Å². The second-order valence-corrected chi connectivity index (χ2v) is 8.32. The van der Waals surface area contributed by atoms with Gasteiger partial charge in [-0.05, 0) is 56.5 Å². The number of nitrogens with zero attached hydrogens (tertiary/aromatic N) is 2. The largest absolute Gasteiger partial charge is 0.454 e. The Morgan fingerprint density at radius 1 is 1.07 bits per heavy atom. The zero-order chi connectivity index (χ0) is 18.5. The Kier molecular flexibility index (Phi) is 4.11. The lowest BCUT2D eigenvalue weighted by molar-refractivity contribution is -0.137. The van der Waals surface area contributed by atoms with Gasteiger partial charge in [0.2, 0.25) is 12.7 Å². The molecule has 5 heterocycles. The van der Waals surface area contributed by atoms with Gasteiger partial charge in [-0.25, -0.2) is 0 Å². The highest BCUT2D eigenvalue weighted by Gasteiger charge is 2.54. The number of carbonyl (C=O) groups excluding carboxylic acids is 2. The van der Waals surface area contributed by atoms with E-state index in [0.29, 0.717) is 24.8 Å². The molecule has 144 valence electrons. The summed E-state index contributed by atoms with van der Waals surface area (Å²) in [4.78, 5) is 29.0. The van der Waals surface area contributed by atoms with Crippen LogP contribution in [0.25, 0.3) is 0 Å². The van der Waals surface area contributed by atoms with Gasteiger partial charge in [0.1, 0.15) is 5.78 Å². The fraction of sp³-hybridized carbons (Fsp3) is 0.619. The predicted molar refractivity (Wildman–Crippen MR) is 98.8 cm³/mol. The molecule has 3 atom stereocenters. The zero-order valence-electron chi connectivity index (χ0n) is 15.7. The molecule has 2 bridgehead atoms. The van der Waals surface area contributed by atoms with Crippen LogP contribution in [-0.4, -0.2) is 60.0 Å². The molecule has 4 fully saturated rings. The van der Waals surface area contributed by atoms with E-state index in [0.717, 1.165) is 31.1 Å². The lowest BCUT2D eigenvalue weighted by Crippen LogP contribution is -2.60. The molecule has 1 aromatic carbocycles. The van der Waals surface area contributed by atoms with Crippen molar-refractivity contribution in [3.63, 3.8) is 0 Å². The minimum Gasteiger partial charge on any atom is -0.454 e. The predicted octanol–water partition coefficient (Wildman–Crippen LogP) is 2.17. The highest BCUT2D eigenvalue weighted by atomic mass is 16.7. The van der Waals surface area contributed by atoms with Crippen LogP contribution in [0.3, 0.4) is 0 Å². The molecule has 4 saturated heterocycles. The van der Waals surface area contributed by atoms with Gasteiger partial charge in [0.15, 0.2) is 11.5 Å². The van der Waals surface area contributed by atoms with Crippen molar-refractivity contribution in [3.05, 3.63) is 23.8 Å². The van der Waals surface area contributed by atoms with E-state index in [1.165, 1.54) is 18.4 Å². The molecule has 0 unspecified atom stereocenters. The maximum Gasteiger partial charge on any atom is 0.231 e. The van der Waals surface area contributed by atoms with E-state index in [1.807, 2.05) is 6.07 Å². The summed E-state index contributed by atoms with van der Waals surface area (Å²) in [6.45, 7) is 4.83. The number of rotatable bonds is 4. The summed E-state index contributed by atoms with van der Waals surface area (Å²) >= 11 is 0. The van der Waals surface area contributed by atoms with Gasteiger partial charge in [-0.1, -0.05) is 6.07 Å². The number of likely N-dealkylation sites (tertiary alicyclic amines) is 1. The van der Waals surface area contributed by atoms with Crippen molar-refractivity contribution in [2.45, 2.75) is 50.6 Å². The molecule has 0 aromatic heterocycles. The van der Waals surface area contributed by atoms with Crippen molar-refractivity contribution in [3.8, 4) is 11.5 Å². The molecule has 0 radical (unpaired) electrons. The summed E-state index contributed by atoms with van der Waals surface area (Å²) in [5.74, 6) is 2.70. The van der Waals surface area contributed by atoms with Gasteiger partial charge in [0.25, 0.3) is 0 Å². The normalized spacial score (nSPS) is 33.2. The minimum atomic E-state index is 0.0836. The third-order valence-electron chi connectivity index (χ3n) is 6.83. The van der Waals surface area contributed by atoms with Crippen LogP contribution in [0.2, 0.25) is 0 Å². The van der Waals surface area contributed by atoms with Crippen LogP contribution in [0.5, 0.6) is 11.5 Å². The third kappa shape index (κ3) is 2.81. The molecule has 6 heteroatoms. The number of hydrogen-bond acceptors (Lipinski definition) is 5. The second-order valence-electron chi connectivity index (χ2n) is 8.32. The Hall–Kier alpha value is -2.08. The Balaban J connectivity index is 1.45. The van der Waals surface area contributed by atoms with E-state index in [4.69, 9.17) is 9.47 Å². The number of ether oxygens (including phenoxy) is 2. The van der Waals surface area contributed by atoms with Crippen LogP contribution in [0, 0.1) is 5.92 Å². The van der Waals surface area contributed by atoms with Gasteiger partial charge in [-0.3, -0.25) is 9.69 Å². The number of hydrogen-bond donors (Lipinski definition) is 0. The van der Waals surface area contributed by atoms with Crippen LogP contribution in [0.4, 0.5) is 0 Å². The molecule has 27 heavy (non-hydrogen) atoms. The maximum atomic E-state index is 13.0. The quantitative estimate of drug-likeness (QED) is 0.813. The Morgan fingerprint density at radius 2 is 1.85 bits per heavy atom. The summed E-state index contributed by atoms with van der Waals surface area (Å²) in [5.41, 5.74) is 1.23. The fourth-order valence-corrected chi connectivity index (χ4v) is 5.57. The van der Waals surface area contributed by atoms with E-state index >= 15 is 0 Å². The van der Waals surface area contributed by atoms with Gasteiger partial charge in [-0.2, -0.15) is 0 Å². The number of fused-ring (bicyclic) bond motifs is 3. The van der Waals surface area contributed by atoms with E-state index in [-0.39, 0.29) is 30.4 Å². The molecule has 0 N–H and O–H groups in total. The number of ketones is 1. The SMILES string of the molecule is CC(=O)CCC(=O)N1C[C@H](c2ccc3c(c2)OCO3)[C@H]2[C@@H]1C1CCN2CC1. The van der Waals surface area contributed by atoms with Crippen molar-refractivity contribution in [2.24, 2.45) is 5.92 Å². The Bertz CT molecular complexity index is 771. The Morgan fingerprint density at radius 3 is 2.63 bits per heavy atom. The average Bonchev–Trinajstić information content (AvgIpc) is 3.32. The molecule has 0 aliphatic carbocycles. The lowest BCUT2D eigenvalue weighted by atomic mass is 9.75. The Labute approximate surface area is 159 Å². The van der Waals surface area contributed by atoms with Crippen molar-refractivity contribution >= 4 is 11.7 Å². The van der Waals surface area contributed by atoms with Gasteiger partial charge in [-0.15, -0.1) is 0 Å². The highest BCUT2D eigenvalue weighted by molar-refractivity contribution is 5.84. The number of piperidine rings is 3. The van der Waals surface area contributed by atoms with Crippen molar-refractivity contribution < 1.29 is 19.1 Å². The van der Waals surface area contributed by atoms with Crippen molar-refractivity contribution in [2.75, 3.05) is 26.4 Å². The minimum absolute atomic E-state index is 0.0836. The summed E-state index contributed by atoms with van der Waals surface area (Å²) in [6, 6.07) is 6.87. The molecule has 5 aliphatic heterocycles. The van der Waals surface area contributed by atoms with Gasteiger partial charge >= 0.3 is 0 Å². The van der Waals surface area contributed by atoms with Crippen molar-refractivity contribution in [1.29, 1.82) is 0 Å². The molecule has 1 amide bonds. The standard InChI is InChI=1S/C21H26N2O4/c1-13(24)2-5-19(25)23-11-16(15-3-4-17-18(10-15)27-12-26-17)21-20(23)14-6-8-22(21)9-7-14/h3-4,10,14,16,20-21H,2,5-9,11-12H2,1H3/t16-,20+,21+/m1/s1. The fourth-order valence-electron chi connectivity index (χ4n) is 5.57. The summed E-state index contributed by atoms with van der Waals surface area (Å²) < 4.78 is 11.0. The highest BCUT2D eigenvalue weighted by Crippen LogP contribution is 2.48. The molecular weight excluding hydrogens is 344 g/mol. The molecule has 6 nitrogen and oxygen atoms in total. The molecule has 0 spiro atoms. The summed E-state index contributed by atoms with van der Waals surface area (Å²) in [5, 5.41) is 0.